The Morgan fingerprint density at radius 2 is 1.75 bits per heavy atom. The summed E-state index contributed by atoms with van der Waals surface area (Å²) in [6.07, 6.45) is 0. The van der Waals surface area contributed by atoms with Crippen LogP contribution in [-0.2, 0) is 0 Å². The lowest BCUT2D eigenvalue weighted by Gasteiger charge is -2.01. The van der Waals surface area contributed by atoms with Crippen molar-refractivity contribution >= 4 is 21.6 Å². The van der Waals surface area contributed by atoms with Gasteiger partial charge in [0, 0.05) is 10.4 Å². The molecule has 0 atom stereocenters. The third-order valence-electron chi connectivity index (χ3n) is 3.72. The highest BCUT2D eigenvalue weighted by Crippen LogP contribution is 2.32. The Balaban J connectivity index is 1.83. The molecule has 24 heavy (non-hydrogen) atoms. The molecular weight excluding hydrogens is 322 g/mol. The standard InChI is InChI=1S/C19H13NO3S/c1-22-14-9-7-13(8-10-14)17-20-18-15(19(21)23-17)11-16(24-18)12-5-3-2-4-6-12/h2-11H,1H3. The van der Waals surface area contributed by atoms with Crippen molar-refractivity contribution in [2.75, 3.05) is 7.11 Å². The number of ether oxygens (including phenoxy) is 1. The molecule has 5 heteroatoms. The number of nitrogens with zero attached hydrogens (tertiary/aromatic N) is 1. The van der Waals surface area contributed by atoms with Crippen LogP contribution in [-0.4, -0.2) is 12.1 Å². The van der Waals surface area contributed by atoms with E-state index in [9.17, 15) is 4.79 Å². The topological polar surface area (TPSA) is 52.3 Å². The summed E-state index contributed by atoms with van der Waals surface area (Å²) in [6, 6.07) is 19.0. The average molecular weight is 335 g/mol. The van der Waals surface area contributed by atoms with Crippen LogP contribution in [0.4, 0.5) is 0 Å². The molecule has 118 valence electrons. The summed E-state index contributed by atoms with van der Waals surface area (Å²) >= 11 is 1.49. The molecule has 0 N–H and O–H groups in total. The predicted molar refractivity (Wildman–Crippen MR) is 95.6 cm³/mol. The van der Waals surface area contributed by atoms with Crippen LogP contribution >= 0.6 is 11.3 Å². The normalized spacial score (nSPS) is 10.9. The molecule has 0 spiro atoms. The fraction of sp³-hybridized carbons (Fsp3) is 0.0526. The highest BCUT2D eigenvalue weighted by Gasteiger charge is 2.13. The van der Waals surface area contributed by atoms with Crippen molar-refractivity contribution in [3.05, 3.63) is 71.1 Å². The minimum atomic E-state index is -0.371. The maximum Gasteiger partial charge on any atom is 0.348 e. The van der Waals surface area contributed by atoms with Crippen molar-refractivity contribution in [3.63, 3.8) is 0 Å². The van der Waals surface area contributed by atoms with Gasteiger partial charge in [-0.2, -0.15) is 0 Å². The van der Waals surface area contributed by atoms with E-state index in [-0.39, 0.29) is 5.63 Å². The molecule has 0 unspecified atom stereocenters. The molecule has 2 aromatic heterocycles. The zero-order chi connectivity index (χ0) is 16.5. The van der Waals surface area contributed by atoms with Crippen LogP contribution in [0.1, 0.15) is 0 Å². The van der Waals surface area contributed by atoms with Crippen LogP contribution in [0.5, 0.6) is 5.75 Å². The van der Waals surface area contributed by atoms with Gasteiger partial charge >= 0.3 is 5.63 Å². The number of aromatic nitrogens is 1. The highest BCUT2D eigenvalue weighted by atomic mass is 32.1. The Bertz CT molecular complexity index is 1050. The van der Waals surface area contributed by atoms with Gasteiger partial charge in [0.05, 0.1) is 12.5 Å². The molecule has 4 aromatic rings. The minimum Gasteiger partial charge on any atom is -0.497 e. The van der Waals surface area contributed by atoms with E-state index in [0.29, 0.717) is 16.1 Å². The largest absolute Gasteiger partial charge is 0.497 e. The molecule has 2 aromatic carbocycles. The first-order chi connectivity index (χ1) is 11.7. The van der Waals surface area contributed by atoms with Gasteiger partial charge in [0.25, 0.3) is 0 Å². The zero-order valence-corrected chi connectivity index (χ0v) is 13.7. The molecule has 0 aliphatic carbocycles. The van der Waals surface area contributed by atoms with E-state index in [1.165, 1.54) is 11.3 Å². The lowest BCUT2D eigenvalue weighted by Crippen LogP contribution is -2.00. The van der Waals surface area contributed by atoms with Crippen molar-refractivity contribution in [2.45, 2.75) is 0 Å². The number of hydrogen-bond acceptors (Lipinski definition) is 5. The van der Waals surface area contributed by atoms with Crippen molar-refractivity contribution in [2.24, 2.45) is 0 Å². The first-order valence-electron chi connectivity index (χ1n) is 7.39. The third kappa shape index (κ3) is 2.59. The molecule has 0 radical (unpaired) electrons. The van der Waals surface area contributed by atoms with E-state index in [0.717, 1.165) is 21.8 Å². The van der Waals surface area contributed by atoms with E-state index >= 15 is 0 Å². The maximum absolute atomic E-state index is 12.3. The summed E-state index contributed by atoms with van der Waals surface area (Å²) in [4.78, 5) is 18.5. The summed E-state index contributed by atoms with van der Waals surface area (Å²) in [5, 5.41) is 0.510. The second-order valence-corrected chi connectivity index (χ2v) is 6.26. The molecule has 2 heterocycles. The van der Waals surface area contributed by atoms with Crippen molar-refractivity contribution in [1.82, 2.24) is 4.98 Å². The first kappa shape index (κ1) is 14.7. The lowest BCUT2D eigenvalue weighted by molar-refractivity contribution is 0.415. The fourth-order valence-electron chi connectivity index (χ4n) is 2.47. The zero-order valence-electron chi connectivity index (χ0n) is 12.9. The number of rotatable bonds is 3. The number of thiophene rings is 1. The lowest BCUT2D eigenvalue weighted by atomic mass is 10.2. The van der Waals surface area contributed by atoms with Gasteiger partial charge in [-0.15, -0.1) is 11.3 Å². The summed E-state index contributed by atoms with van der Waals surface area (Å²) < 4.78 is 10.5. The van der Waals surface area contributed by atoms with Gasteiger partial charge in [-0.1, -0.05) is 30.3 Å². The Morgan fingerprint density at radius 3 is 2.46 bits per heavy atom. The van der Waals surface area contributed by atoms with Crippen LogP contribution in [0.3, 0.4) is 0 Å². The molecule has 4 nitrogen and oxygen atoms in total. The van der Waals surface area contributed by atoms with Crippen LogP contribution < -0.4 is 10.4 Å². The van der Waals surface area contributed by atoms with E-state index in [1.807, 2.05) is 60.7 Å². The summed E-state index contributed by atoms with van der Waals surface area (Å²) in [5.41, 5.74) is 1.43. The van der Waals surface area contributed by atoms with Crippen LogP contribution in [0, 0.1) is 0 Å². The van der Waals surface area contributed by atoms with Crippen molar-refractivity contribution in [3.8, 4) is 27.6 Å². The molecule has 4 rings (SSSR count). The average Bonchev–Trinajstić information content (AvgIpc) is 3.07. The van der Waals surface area contributed by atoms with E-state index in [2.05, 4.69) is 4.98 Å². The number of methoxy groups -OCH3 is 1. The highest BCUT2D eigenvalue weighted by molar-refractivity contribution is 7.21. The second-order valence-electron chi connectivity index (χ2n) is 5.23. The predicted octanol–water partition coefficient (Wildman–Crippen LogP) is 4.59. The molecule has 0 aliphatic rings. The second kappa shape index (κ2) is 5.94. The number of hydrogen-bond donors (Lipinski definition) is 0. The quantitative estimate of drug-likeness (QED) is 0.549. The Morgan fingerprint density at radius 1 is 1.00 bits per heavy atom. The Hall–Kier alpha value is -2.92. The third-order valence-corrected chi connectivity index (χ3v) is 4.80. The molecule has 0 saturated heterocycles. The molecule has 0 bridgehead atoms. The van der Waals surface area contributed by atoms with Gasteiger partial charge in [-0.3, -0.25) is 0 Å². The van der Waals surface area contributed by atoms with Gasteiger partial charge in [-0.05, 0) is 35.9 Å². The molecular formula is C19H13NO3S. The maximum atomic E-state index is 12.3. The minimum absolute atomic E-state index is 0.316. The van der Waals surface area contributed by atoms with Crippen LogP contribution in [0.2, 0.25) is 0 Å². The summed E-state index contributed by atoms with van der Waals surface area (Å²) in [6.45, 7) is 0. The van der Waals surface area contributed by atoms with Gasteiger partial charge < -0.3 is 9.15 Å². The number of benzene rings is 2. The Labute approximate surface area is 142 Å². The smallest absolute Gasteiger partial charge is 0.348 e. The molecule has 0 amide bonds. The van der Waals surface area contributed by atoms with Crippen molar-refractivity contribution in [1.29, 1.82) is 0 Å². The van der Waals surface area contributed by atoms with E-state index < -0.39 is 0 Å². The van der Waals surface area contributed by atoms with Crippen molar-refractivity contribution < 1.29 is 9.15 Å². The van der Waals surface area contributed by atoms with Crippen LogP contribution in [0.25, 0.3) is 32.1 Å². The molecule has 0 aliphatic heterocycles. The van der Waals surface area contributed by atoms with E-state index in [1.54, 1.807) is 7.11 Å². The molecule has 0 fully saturated rings. The summed E-state index contributed by atoms with van der Waals surface area (Å²) in [5.74, 6) is 1.06. The van der Waals surface area contributed by atoms with Crippen LogP contribution in [0.15, 0.2) is 69.9 Å². The summed E-state index contributed by atoms with van der Waals surface area (Å²) in [7, 11) is 1.61. The van der Waals surface area contributed by atoms with Gasteiger partial charge in [0.2, 0.25) is 5.89 Å². The van der Waals surface area contributed by atoms with Gasteiger partial charge in [0.1, 0.15) is 10.6 Å². The van der Waals surface area contributed by atoms with E-state index in [4.69, 9.17) is 9.15 Å². The van der Waals surface area contributed by atoms with Gasteiger partial charge in [-0.25, -0.2) is 9.78 Å². The fourth-order valence-corrected chi connectivity index (χ4v) is 3.49. The Kier molecular flexibility index (Phi) is 3.63. The monoisotopic (exact) mass is 335 g/mol. The SMILES string of the molecule is COc1ccc(-c2nc3sc(-c4ccccc4)cc3c(=O)o2)cc1. The first-order valence-corrected chi connectivity index (χ1v) is 8.21. The molecule has 0 saturated carbocycles. The van der Waals surface area contributed by atoms with Gasteiger partial charge in [0.15, 0.2) is 0 Å². The number of fused-ring (bicyclic) bond motifs is 1.